The summed E-state index contributed by atoms with van der Waals surface area (Å²) >= 11 is 0. The fourth-order valence-corrected chi connectivity index (χ4v) is 7.65. The molecule has 0 aliphatic carbocycles. The highest BCUT2D eigenvalue weighted by molar-refractivity contribution is 6.26. The zero-order valence-electron chi connectivity index (χ0n) is 26.9. The molecule has 7 aromatic rings. The van der Waals surface area contributed by atoms with E-state index in [9.17, 15) is 0 Å². The molecule has 0 amide bonds. The Morgan fingerprint density at radius 1 is 0.643 bits per heavy atom. The number of nitrogens with zero attached hydrogens (tertiary/aromatic N) is 2. The maximum atomic E-state index is 2.60. The Morgan fingerprint density at radius 2 is 1.33 bits per heavy atom. The van der Waals surface area contributed by atoms with Gasteiger partial charge in [0.25, 0.3) is 0 Å². The van der Waals surface area contributed by atoms with Crippen LogP contribution in [0.2, 0.25) is 0 Å². The van der Waals surface area contributed by atoms with Crippen LogP contribution in [-0.4, -0.2) is 4.40 Å². The van der Waals surface area contributed by atoms with Gasteiger partial charge >= 0.3 is 0 Å². The van der Waals surface area contributed by atoms with Gasteiger partial charge in [0.15, 0.2) is 6.20 Å². The average Bonchev–Trinajstić information content (AvgIpc) is 3.27. The topological polar surface area (TPSA) is 8.29 Å². The molecule has 42 heavy (non-hydrogen) atoms. The Kier molecular flexibility index (Phi) is 5.97. The number of aryl methyl sites for hydroxylation is 4. The molecular formula is C40H43N2+. The highest BCUT2D eigenvalue weighted by Crippen LogP contribution is 2.45. The second-order valence-corrected chi connectivity index (χ2v) is 13.7. The Hall–Kier alpha value is -3.91. The van der Waals surface area contributed by atoms with Gasteiger partial charge in [0.05, 0.1) is 27.3 Å². The Bertz CT molecular complexity index is 2180. The van der Waals surface area contributed by atoms with Gasteiger partial charge in [-0.05, 0) is 101 Å². The Morgan fingerprint density at radius 3 is 1.98 bits per heavy atom. The number of aromatic nitrogens is 2. The molecule has 212 valence electrons. The molecule has 3 aromatic heterocycles. The first kappa shape index (κ1) is 27.0. The van der Waals surface area contributed by atoms with Gasteiger partial charge in [-0.2, -0.15) is 0 Å². The second-order valence-electron chi connectivity index (χ2n) is 13.7. The minimum atomic E-state index is 0.431. The van der Waals surface area contributed by atoms with Crippen LogP contribution in [-0.2, 0) is 7.05 Å². The summed E-state index contributed by atoms with van der Waals surface area (Å²) in [5.41, 5.74) is 16.4. The lowest BCUT2D eigenvalue weighted by atomic mass is 9.81. The van der Waals surface area contributed by atoms with Gasteiger partial charge < -0.3 is 4.40 Å². The van der Waals surface area contributed by atoms with Gasteiger partial charge in [0.1, 0.15) is 7.05 Å². The van der Waals surface area contributed by atoms with Gasteiger partial charge in [0, 0.05) is 16.8 Å². The molecule has 0 atom stereocenters. The van der Waals surface area contributed by atoms with E-state index in [-0.39, 0.29) is 0 Å². The summed E-state index contributed by atoms with van der Waals surface area (Å²) in [6, 6.07) is 21.7. The lowest BCUT2D eigenvalue weighted by Crippen LogP contribution is -2.29. The number of hydrogen-bond donors (Lipinski definition) is 0. The molecular weight excluding hydrogens is 508 g/mol. The number of fused-ring (bicyclic) bond motifs is 5. The fraction of sp³-hybridized carbons (Fsp3) is 0.325. The summed E-state index contributed by atoms with van der Waals surface area (Å²) in [5.74, 6) is 1.36. The van der Waals surface area contributed by atoms with Gasteiger partial charge in [0.2, 0.25) is 5.52 Å². The maximum absolute atomic E-state index is 2.60. The molecule has 0 unspecified atom stereocenters. The normalized spacial score (nSPS) is 12.7. The van der Waals surface area contributed by atoms with Crippen molar-refractivity contribution < 1.29 is 4.57 Å². The largest absolute Gasteiger partial charge is 0.307 e. The van der Waals surface area contributed by atoms with Gasteiger partial charge in [-0.25, -0.2) is 4.57 Å². The molecule has 0 aliphatic rings. The molecule has 0 spiro atoms. The van der Waals surface area contributed by atoms with E-state index in [1.54, 1.807) is 0 Å². The monoisotopic (exact) mass is 551 g/mol. The zero-order chi connectivity index (χ0) is 29.8. The SMILES string of the molecule is Cc1cc(C)c2c(c1)c1ccc(C)c3c1n2c1cc(-c2c(C(C)C)cc(C(C)C)cc2C(C)C)cc2cc[n+](C)c3c21. The van der Waals surface area contributed by atoms with E-state index in [0.29, 0.717) is 17.8 Å². The lowest BCUT2D eigenvalue weighted by molar-refractivity contribution is -0.643. The van der Waals surface area contributed by atoms with Crippen molar-refractivity contribution in [3.8, 4) is 11.1 Å². The summed E-state index contributed by atoms with van der Waals surface area (Å²) in [4.78, 5) is 0. The number of pyridine rings is 2. The van der Waals surface area contributed by atoms with E-state index in [0.717, 1.165) is 0 Å². The molecule has 0 bridgehead atoms. The van der Waals surface area contributed by atoms with E-state index < -0.39 is 0 Å². The molecule has 0 aliphatic heterocycles. The minimum absolute atomic E-state index is 0.431. The van der Waals surface area contributed by atoms with E-state index in [1.165, 1.54) is 93.5 Å². The van der Waals surface area contributed by atoms with Crippen LogP contribution in [0.1, 0.15) is 92.7 Å². The van der Waals surface area contributed by atoms with Crippen molar-refractivity contribution in [3.05, 3.63) is 94.2 Å². The molecule has 3 heterocycles. The first-order valence-corrected chi connectivity index (χ1v) is 15.7. The van der Waals surface area contributed by atoms with Crippen LogP contribution < -0.4 is 4.57 Å². The predicted molar refractivity (Wildman–Crippen MR) is 182 cm³/mol. The van der Waals surface area contributed by atoms with Crippen molar-refractivity contribution in [2.75, 3.05) is 0 Å². The summed E-state index contributed by atoms with van der Waals surface area (Å²) in [6.45, 7) is 20.8. The van der Waals surface area contributed by atoms with Gasteiger partial charge in [-0.1, -0.05) is 77.4 Å². The van der Waals surface area contributed by atoms with Crippen LogP contribution in [0.25, 0.3) is 60.1 Å². The smallest absolute Gasteiger partial charge is 0.224 e. The standard InChI is InChI=1S/C40H43N2/c1-21(2)28-18-31(22(3)4)36(32(19-28)23(5)6)29-17-27-13-14-41(10)40-35-25(8)11-12-30-33-16-24(7)15-26(9)38(33)42(39(30)35)34(20-29)37(27)40/h11-23H,1-10H3/q+1. The van der Waals surface area contributed by atoms with Crippen molar-refractivity contribution in [2.24, 2.45) is 7.05 Å². The molecule has 2 heteroatoms. The first-order chi connectivity index (χ1) is 20.0. The first-order valence-electron chi connectivity index (χ1n) is 15.7. The highest BCUT2D eigenvalue weighted by Gasteiger charge is 2.26. The van der Waals surface area contributed by atoms with Crippen LogP contribution in [0.4, 0.5) is 0 Å². The zero-order valence-corrected chi connectivity index (χ0v) is 26.9. The third-order valence-corrected chi connectivity index (χ3v) is 9.68. The van der Waals surface area contributed by atoms with Gasteiger partial charge in [-0.15, -0.1) is 0 Å². The van der Waals surface area contributed by atoms with Crippen LogP contribution >= 0.6 is 0 Å². The number of hydrogen-bond acceptors (Lipinski definition) is 0. The van der Waals surface area contributed by atoms with Crippen molar-refractivity contribution in [3.63, 3.8) is 0 Å². The van der Waals surface area contributed by atoms with Crippen molar-refractivity contribution in [1.29, 1.82) is 0 Å². The molecule has 0 N–H and O–H groups in total. The number of benzene rings is 4. The summed E-state index contributed by atoms with van der Waals surface area (Å²) in [6.07, 6.45) is 2.26. The van der Waals surface area contributed by atoms with Crippen LogP contribution in [0, 0.1) is 20.8 Å². The van der Waals surface area contributed by atoms with Crippen LogP contribution in [0.15, 0.2) is 60.8 Å². The number of rotatable bonds is 4. The third kappa shape index (κ3) is 3.67. The third-order valence-electron chi connectivity index (χ3n) is 9.68. The van der Waals surface area contributed by atoms with E-state index >= 15 is 0 Å². The van der Waals surface area contributed by atoms with E-state index in [1.807, 2.05) is 0 Å². The van der Waals surface area contributed by atoms with Gasteiger partial charge in [-0.3, -0.25) is 0 Å². The summed E-state index contributed by atoms with van der Waals surface area (Å²) in [5, 5.41) is 6.71. The molecule has 0 fully saturated rings. The Labute approximate surface area is 249 Å². The van der Waals surface area contributed by atoms with Crippen LogP contribution in [0.3, 0.4) is 0 Å². The quantitative estimate of drug-likeness (QED) is 0.117. The minimum Gasteiger partial charge on any atom is -0.307 e. The second kappa shape index (κ2) is 9.30. The van der Waals surface area contributed by atoms with Crippen molar-refractivity contribution >= 4 is 49.0 Å². The van der Waals surface area contributed by atoms with E-state index in [2.05, 4.69) is 139 Å². The molecule has 0 saturated carbocycles. The predicted octanol–water partition coefficient (Wildman–Crippen LogP) is 10.8. The van der Waals surface area contributed by atoms with Crippen molar-refractivity contribution in [1.82, 2.24) is 4.40 Å². The molecule has 0 saturated heterocycles. The molecule has 2 nitrogen and oxygen atoms in total. The molecule has 7 rings (SSSR count). The lowest BCUT2D eigenvalue weighted by Gasteiger charge is -2.24. The molecule has 0 radical (unpaired) electrons. The average molecular weight is 552 g/mol. The highest BCUT2D eigenvalue weighted by atomic mass is 15.0. The molecule has 4 aromatic carbocycles. The summed E-state index contributed by atoms with van der Waals surface area (Å²) < 4.78 is 4.94. The summed E-state index contributed by atoms with van der Waals surface area (Å²) in [7, 11) is 2.21. The van der Waals surface area contributed by atoms with E-state index in [4.69, 9.17) is 0 Å². The van der Waals surface area contributed by atoms with Crippen LogP contribution in [0.5, 0.6) is 0 Å². The Balaban J connectivity index is 1.76. The fourth-order valence-electron chi connectivity index (χ4n) is 7.65. The maximum Gasteiger partial charge on any atom is 0.224 e. The van der Waals surface area contributed by atoms with Crippen molar-refractivity contribution in [2.45, 2.75) is 80.1 Å².